The molecule has 0 bridgehead atoms. The molecule has 0 fully saturated rings. The number of carbonyl (C=O) groups is 2. The first-order chi connectivity index (χ1) is 7.88. The van der Waals surface area contributed by atoms with Gasteiger partial charge in [-0.2, -0.15) is 0 Å². The zero-order chi connectivity index (χ0) is 13.4. The van der Waals surface area contributed by atoms with E-state index in [1.165, 1.54) is 0 Å². The van der Waals surface area contributed by atoms with Gasteiger partial charge in [-0.3, -0.25) is 9.59 Å². The molecule has 2 atom stereocenters. The fourth-order valence-corrected chi connectivity index (χ4v) is 1.55. The van der Waals surface area contributed by atoms with Crippen LogP contribution in [0.1, 0.15) is 40.0 Å². The molecule has 2 unspecified atom stereocenters. The van der Waals surface area contributed by atoms with Gasteiger partial charge >= 0.3 is 5.97 Å². The minimum absolute atomic E-state index is 0.0150. The lowest BCUT2D eigenvalue weighted by Crippen LogP contribution is -2.36. The van der Waals surface area contributed by atoms with Gasteiger partial charge in [0.25, 0.3) is 0 Å². The minimum atomic E-state index is -0.869. The normalized spacial score (nSPS) is 14.1. The topological polar surface area (TPSA) is 83.6 Å². The maximum Gasteiger partial charge on any atom is 0.308 e. The molecule has 3 N–H and O–H groups in total. The Morgan fingerprint density at radius 1 is 1.35 bits per heavy atom. The summed E-state index contributed by atoms with van der Waals surface area (Å²) >= 11 is 0. The standard InChI is InChI=1S/C12H24N2O3/c1-4-14(8-9(2)12(16)17)11(15)7-5-6-10(3)13/h9-10H,4-8,13H2,1-3H3,(H,16,17). The van der Waals surface area contributed by atoms with Gasteiger partial charge in [0.05, 0.1) is 5.92 Å². The van der Waals surface area contributed by atoms with Crippen LogP contribution in [0, 0.1) is 5.92 Å². The third-order valence-corrected chi connectivity index (χ3v) is 2.70. The lowest BCUT2D eigenvalue weighted by atomic mass is 10.1. The molecule has 5 heteroatoms. The van der Waals surface area contributed by atoms with E-state index in [1.807, 2.05) is 13.8 Å². The Bertz CT molecular complexity index is 254. The summed E-state index contributed by atoms with van der Waals surface area (Å²) in [5.41, 5.74) is 5.61. The predicted octanol–water partition coefficient (Wildman–Crippen LogP) is 1.07. The highest BCUT2D eigenvalue weighted by atomic mass is 16.4. The van der Waals surface area contributed by atoms with E-state index in [9.17, 15) is 9.59 Å². The number of hydrogen-bond donors (Lipinski definition) is 2. The van der Waals surface area contributed by atoms with E-state index in [0.717, 1.165) is 12.8 Å². The Balaban J connectivity index is 4.08. The molecule has 0 aromatic heterocycles. The Hall–Kier alpha value is -1.10. The van der Waals surface area contributed by atoms with Gasteiger partial charge in [0, 0.05) is 25.6 Å². The molecular formula is C12H24N2O3. The number of rotatable bonds is 8. The fraction of sp³-hybridized carbons (Fsp3) is 0.833. The molecule has 0 saturated heterocycles. The van der Waals surface area contributed by atoms with Gasteiger partial charge in [-0.05, 0) is 26.7 Å². The van der Waals surface area contributed by atoms with E-state index in [2.05, 4.69) is 0 Å². The lowest BCUT2D eigenvalue weighted by Gasteiger charge is -2.23. The monoisotopic (exact) mass is 244 g/mol. The summed E-state index contributed by atoms with van der Waals surface area (Å²) in [4.78, 5) is 24.1. The SMILES string of the molecule is CCN(CC(C)C(=O)O)C(=O)CCCC(C)N. The summed E-state index contributed by atoms with van der Waals surface area (Å²) in [5, 5.41) is 8.80. The van der Waals surface area contributed by atoms with Gasteiger partial charge in [-0.25, -0.2) is 0 Å². The van der Waals surface area contributed by atoms with Crippen molar-refractivity contribution in [3.63, 3.8) is 0 Å². The Morgan fingerprint density at radius 3 is 2.35 bits per heavy atom. The zero-order valence-corrected chi connectivity index (χ0v) is 11.0. The molecule has 5 nitrogen and oxygen atoms in total. The van der Waals surface area contributed by atoms with Gasteiger partial charge in [0.2, 0.25) is 5.91 Å². The second kappa shape index (κ2) is 8.06. The van der Waals surface area contributed by atoms with Crippen LogP contribution in [0.2, 0.25) is 0 Å². The molecule has 0 aromatic carbocycles. The van der Waals surface area contributed by atoms with Gasteiger partial charge in [0.1, 0.15) is 0 Å². The predicted molar refractivity (Wildman–Crippen MR) is 66.6 cm³/mol. The van der Waals surface area contributed by atoms with Gasteiger partial charge in [-0.1, -0.05) is 6.92 Å². The molecule has 0 radical (unpaired) electrons. The van der Waals surface area contributed by atoms with Crippen molar-refractivity contribution < 1.29 is 14.7 Å². The fourth-order valence-electron chi connectivity index (χ4n) is 1.55. The molecule has 0 rings (SSSR count). The average molecular weight is 244 g/mol. The molecule has 0 aliphatic heterocycles. The molecule has 0 heterocycles. The summed E-state index contributed by atoms with van der Waals surface area (Å²) in [6.45, 7) is 6.21. The second-order valence-electron chi connectivity index (χ2n) is 4.54. The number of carboxylic acid groups (broad SMARTS) is 1. The number of nitrogens with two attached hydrogens (primary N) is 1. The van der Waals surface area contributed by atoms with Gasteiger partial charge in [-0.15, -0.1) is 0 Å². The van der Waals surface area contributed by atoms with E-state index in [4.69, 9.17) is 10.8 Å². The van der Waals surface area contributed by atoms with Crippen LogP contribution < -0.4 is 5.73 Å². The second-order valence-corrected chi connectivity index (χ2v) is 4.54. The summed E-state index contributed by atoms with van der Waals surface area (Å²) in [7, 11) is 0. The molecule has 17 heavy (non-hydrogen) atoms. The first kappa shape index (κ1) is 15.9. The van der Waals surface area contributed by atoms with Crippen LogP contribution in [0.15, 0.2) is 0 Å². The maximum atomic E-state index is 11.8. The Kier molecular flexibility index (Phi) is 7.54. The number of amides is 1. The van der Waals surface area contributed by atoms with Crippen LogP contribution in [-0.2, 0) is 9.59 Å². The number of nitrogens with zero attached hydrogens (tertiary/aromatic N) is 1. The molecule has 0 aliphatic rings. The van der Waals surface area contributed by atoms with Crippen molar-refractivity contribution in [3.8, 4) is 0 Å². The zero-order valence-electron chi connectivity index (χ0n) is 11.0. The largest absolute Gasteiger partial charge is 0.481 e. The Morgan fingerprint density at radius 2 is 1.94 bits per heavy atom. The average Bonchev–Trinajstić information content (AvgIpc) is 2.24. The number of carboxylic acids is 1. The van der Waals surface area contributed by atoms with Crippen molar-refractivity contribution >= 4 is 11.9 Å². The summed E-state index contributed by atoms with van der Waals surface area (Å²) in [6, 6.07) is 0.107. The van der Waals surface area contributed by atoms with Crippen LogP contribution in [0.25, 0.3) is 0 Å². The summed E-state index contributed by atoms with van der Waals surface area (Å²) in [5.74, 6) is -1.37. The van der Waals surface area contributed by atoms with Gasteiger partial charge in [0.15, 0.2) is 0 Å². The van der Waals surface area contributed by atoms with E-state index in [0.29, 0.717) is 13.0 Å². The molecule has 0 aliphatic carbocycles. The van der Waals surface area contributed by atoms with Crippen molar-refractivity contribution in [3.05, 3.63) is 0 Å². The highest BCUT2D eigenvalue weighted by molar-refractivity contribution is 5.77. The van der Waals surface area contributed by atoms with E-state index >= 15 is 0 Å². The van der Waals surface area contributed by atoms with Crippen molar-refractivity contribution in [2.75, 3.05) is 13.1 Å². The van der Waals surface area contributed by atoms with E-state index < -0.39 is 11.9 Å². The third-order valence-electron chi connectivity index (χ3n) is 2.70. The van der Waals surface area contributed by atoms with Crippen LogP contribution in [-0.4, -0.2) is 41.0 Å². The number of aliphatic carboxylic acids is 1. The van der Waals surface area contributed by atoms with Crippen molar-refractivity contribution in [1.82, 2.24) is 4.90 Å². The van der Waals surface area contributed by atoms with Crippen molar-refractivity contribution in [2.24, 2.45) is 11.7 Å². The van der Waals surface area contributed by atoms with Gasteiger partial charge < -0.3 is 15.7 Å². The highest BCUT2D eigenvalue weighted by Crippen LogP contribution is 2.06. The van der Waals surface area contributed by atoms with Crippen molar-refractivity contribution in [1.29, 1.82) is 0 Å². The molecule has 1 amide bonds. The molecule has 0 spiro atoms. The Labute approximate surface area is 103 Å². The van der Waals surface area contributed by atoms with Crippen LogP contribution in [0.5, 0.6) is 0 Å². The van der Waals surface area contributed by atoms with Crippen LogP contribution >= 0.6 is 0 Å². The molecule has 0 saturated carbocycles. The molecule has 0 aromatic rings. The van der Waals surface area contributed by atoms with E-state index in [1.54, 1.807) is 11.8 Å². The van der Waals surface area contributed by atoms with E-state index in [-0.39, 0.29) is 18.5 Å². The number of carbonyl (C=O) groups excluding carboxylic acids is 1. The number of hydrogen-bond acceptors (Lipinski definition) is 3. The first-order valence-electron chi connectivity index (χ1n) is 6.14. The third kappa shape index (κ3) is 6.94. The summed E-state index contributed by atoms with van der Waals surface area (Å²) in [6.07, 6.45) is 2.02. The van der Waals surface area contributed by atoms with Crippen molar-refractivity contribution in [2.45, 2.75) is 46.1 Å². The van der Waals surface area contributed by atoms with Crippen LogP contribution in [0.3, 0.4) is 0 Å². The van der Waals surface area contributed by atoms with Crippen LogP contribution in [0.4, 0.5) is 0 Å². The molecular weight excluding hydrogens is 220 g/mol. The highest BCUT2D eigenvalue weighted by Gasteiger charge is 2.18. The first-order valence-corrected chi connectivity index (χ1v) is 6.14. The lowest BCUT2D eigenvalue weighted by molar-refractivity contribution is -0.143. The smallest absolute Gasteiger partial charge is 0.308 e. The maximum absolute atomic E-state index is 11.8. The minimum Gasteiger partial charge on any atom is -0.481 e. The summed E-state index contributed by atoms with van der Waals surface area (Å²) < 4.78 is 0. The quantitative estimate of drug-likeness (QED) is 0.669. The molecule has 100 valence electrons.